The number of aromatic nitrogens is 2. The summed E-state index contributed by atoms with van der Waals surface area (Å²) in [5.41, 5.74) is 4.99. The summed E-state index contributed by atoms with van der Waals surface area (Å²) < 4.78 is 5.46. The van der Waals surface area contributed by atoms with Gasteiger partial charge in [0.25, 0.3) is 11.8 Å². The monoisotopic (exact) mass is 369 g/mol. The number of carbonyl (C=O) groups excluding carboxylic acids is 1. The van der Waals surface area contributed by atoms with Gasteiger partial charge in [-0.25, -0.2) is 0 Å². The van der Waals surface area contributed by atoms with Crippen LogP contribution < -0.4 is 5.32 Å². The van der Waals surface area contributed by atoms with E-state index in [1.165, 1.54) is 0 Å². The Kier molecular flexibility index (Phi) is 4.72. The van der Waals surface area contributed by atoms with Gasteiger partial charge >= 0.3 is 0 Å². The molecular weight excluding hydrogens is 350 g/mol. The van der Waals surface area contributed by atoms with Crippen LogP contribution in [0.3, 0.4) is 0 Å². The second-order valence-electron chi connectivity index (χ2n) is 6.59. The lowest BCUT2D eigenvalue weighted by Crippen LogP contribution is -2.13. The fourth-order valence-corrected chi connectivity index (χ4v) is 2.89. The van der Waals surface area contributed by atoms with E-state index >= 15 is 0 Å². The number of amides is 1. The first-order valence-electron chi connectivity index (χ1n) is 8.99. The third kappa shape index (κ3) is 3.55. The van der Waals surface area contributed by atoms with E-state index in [9.17, 15) is 4.79 Å². The van der Waals surface area contributed by atoms with Crippen LogP contribution in [-0.2, 0) is 0 Å². The maximum Gasteiger partial charge on any atom is 0.260 e. The molecule has 5 heteroatoms. The van der Waals surface area contributed by atoms with Crippen molar-refractivity contribution in [3.8, 4) is 22.8 Å². The molecule has 0 unspecified atom stereocenters. The molecule has 1 N–H and O–H groups in total. The topological polar surface area (TPSA) is 68.0 Å². The number of nitrogens with zero attached hydrogens (tertiary/aromatic N) is 2. The van der Waals surface area contributed by atoms with Crippen molar-refractivity contribution in [2.75, 3.05) is 5.32 Å². The van der Waals surface area contributed by atoms with Crippen molar-refractivity contribution in [3.05, 3.63) is 89.5 Å². The molecule has 0 saturated carbocycles. The molecule has 0 radical (unpaired) electrons. The highest BCUT2D eigenvalue weighted by molar-refractivity contribution is 6.06. The van der Waals surface area contributed by atoms with Gasteiger partial charge in [0.15, 0.2) is 0 Å². The lowest BCUT2D eigenvalue weighted by Gasteiger charge is -2.09. The highest BCUT2D eigenvalue weighted by atomic mass is 16.5. The predicted molar refractivity (Wildman–Crippen MR) is 109 cm³/mol. The minimum absolute atomic E-state index is 0.182. The molecule has 0 fully saturated rings. The lowest BCUT2D eigenvalue weighted by molar-refractivity contribution is 0.102. The summed E-state index contributed by atoms with van der Waals surface area (Å²) in [6, 6.07) is 22.6. The van der Waals surface area contributed by atoms with Gasteiger partial charge in [0.2, 0.25) is 5.82 Å². The Labute approximate surface area is 163 Å². The summed E-state index contributed by atoms with van der Waals surface area (Å²) in [5, 5.41) is 7.02. The van der Waals surface area contributed by atoms with E-state index in [0.717, 1.165) is 16.7 Å². The van der Waals surface area contributed by atoms with Gasteiger partial charge in [0.05, 0.1) is 11.3 Å². The van der Waals surface area contributed by atoms with Crippen molar-refractivity contribution in [1.82, 2.24) is 10.1 Å². The van der Waals surface area contributed by atoms with Crippen molar-refractivity contribution in [2.24, 2.45) is 0 Å². The highest BCUT2D eigenvalue weighted by Crippen LogP contribution is 2.29. The zero-order valence-corrected chi connectivity index (χ0v) is 15.6. The average Bonchev–Trinajstić information content (AvgIpc) is 3.21. The summed E-state index contributed by atoms with van der Waals surface area (Å²) in [6.45, 7) is 4.01. The molecule has 0 saturated heterocycles. The summed E-state index contributed by atoms with van der Waals surface area (Å²) >= 11 is 0. The Hall–Kier alpha value is -3.73. The molecule has 4 rings (SSSR count). The van der Waals surface area contributed by atoms with E-state index in [0.29, 0.717) is 28.5 Å². The molecule has 1 amide bonds. The van der Waals surface area contributed by atoms with Crippen molar-refractivity contribution in [2.45, 2.75) is 13.8 Å². The zero-order chi connectivity index (χ0) is 19.5. The van der Waals surface area contributed by atoms with Crippen LogP contribution in [0.15, 0.2) is 77.3 Å². The SMILES string of the molecule is Cc1ccc(C(=O)Nc2ccccc2-c2nc(-c3ccccc3)no2)cc1C. The van der Waals surface area contributed by atoms with E-state index < -0.39 is 0 Å². The third-order valence-corrected chi connectivity index (χ3v) is 4.63. The van der Waals surface area contributed by atoms with E-state index in [4.69, 9.17) is 4.52 Å². The molecule has 4 aromatic rings. The number of benzene rings is 3. The van der Waals surface area contributed by atoms with Crippen molar-refractivity contribution in [1.29, 1.82) is 0 Å². The first kappa shape index (κ1) is 17.7. The van der Waals surface area contributed by atoms with Gasteiger partial charge in [0.1, 0.15) is 0 Å². The summed E-state index contributed by atoms with van der Waals surface area (Å²) in [6.07, 6.45) is 0. The number of carbonyl (C=O) groups is 1. The molecule has 138 valence electrons. The number of rotatable bonds is 4. The van der Waals surface area contributed by atoms with Gasteiger partial charge in [-0.2, -0.15) is 4.98 Å². The molecule has 5 nitrogen and oxygen atoms in total. The van der Waals surface area contributed by atoms with Gasteiger partial charge < -0.3 is 9.84 Å². The lowest BCUT2D eigenvalue weighted by atomic mass is 10.1. The maximum absolute atomic E-state index is 12.7. The second-order valence-corrected chi connectivity index (χ2v) is 6.59. The van der Waals surface area contributed by atoms with Crippen LogP contribution in [0.2, 0.25) is 0 Å². The smallest absolute Gasteiger partial charge is 0.260 e. The van der Waals surface area contributed by atoms with Gasteiger partial charge in [-0.15, -0.1) is 0 Å². The molecule has 28 heavy (non-hydrogen) atoms. The fourth-order valence-electron chi connectivity index (χ4n) is 2.89. The third-order valence-electron chi connectivity index (χ3n) is 4.63. The Balaban J connectivity index is 1.63. The molecule has 0 spiro atoms. The molecule has 0 aliphatic heterocycles. The molecular formula is C23H19N3O2. The summed E-state index contributed by atoms with van der Waals surface area (Å²) in [4.78, 5) is 17.2. The van der Waals surface area contributed by atoms with Gasteiger partial charge in [-0.3, -0.25) is 4.79 Å². The molecule has 0 bridgehead atoms. The molecule has 1 aromatic heterocycles. The predicted octanol–water partition coefficient (Wildman–Crippen LogP) is 5.27. The van der Waals surface area contributed by atoms with Crippen LogP contribution >= 0.6 is 0 Å². The summed E-state index contributed by atoms with van der Waals surface area (Å²) in [7, 11) is 0. The molecule has 1 heterocycles. The van der Waals surface area contributed by atoms with Crippen molar-refractivity contribution < 1.29 is 9.32 Å². The number of anilines is 1. The number of hydrogen-bond donors (Lipinski definition) is 1. The Morgan fingerprint density at radius 1 is 0.893 bits per heavy atom. The molecule has 0 aliphatic carbocycles. The maximum atomic E-state index is 12.7. The quantitative estimate of drug-likeness (QED) is 0.532. The Morgan fingerprint density at radius 2 is 1.64 bits per heavy atom. The fraction of sp³-hybridized carbons (Fsp3) is 0.0870. The Bertz CT molecular complexity index is 1130. The van der Waals surface area contributed by atoms with E-state index in [2.05, 4.69) is 15.5 Å². The van der Waals surface area contributed by atoms with E-state index in [1.54, 1.807) is 0 Å². The number of aryl methyl sites for hydroxylation is 2. The largest absolute Gasteiger partial charge is 0.334 e. The number of para-hydroxylation sites is 1. The zero-order valence-electron chi connectivity index (χ0n) is 15.6. The van der Waals surface area contributed by atoms with Crippen LogP contribution in [0.25, 0.3) is 22.8 Å². The van der Waals surface area contributed by atoms with Crippen molar-refractivity contribution in [3.63, 3.8) is 0 Å². The van der Waals surface area contributed by atoms with Crippen LogP contribution in [0.5, 0.6) is 0 Å². The van der Waals surface area contributed by atoms with Crippen LogP contribution in [0.4, 0.5) is 5.69 Å². The molecule has 0 atom stereocenters. The standard InChI is InChI=1S/C23H19N3O2/c1-15-12-13-18(14-16(15)2)22(27)24-20-11-7-6-10-19(20)23-25-21(26-28-23)17-8-4-3-5-9-17/h3-14H,1-2H3,(H,24,27). The van der Waals surface area contributed by atoms with Crippen LogP contribution in [0, 0.1) is 13.8 Å². The van der Waals surface area contributed by atoms with Gasteiger partial charge in [-0.1, -0.05) is 53.7 Å². The first-order valence-corrected chi connectivity index (χ1v) is 8.99. The second kappa shape index (κ2) is 7.48. The molecule has 0 aliphatic rings. The van der Waals surface area contributed by atoms with Crippen LogP contribution in [0.1, 0.15) is 21.5 Å². The first-order chi connectivity index (χ1) is 13.6. The van der Waals surface area contributed by atoms with E-state index in [1.807, 2.05) is 86.6 Å². The minimum atomic E-state index is -0.182. The Morgan fingerprint density at radius 3 is 2.43 bits per heavy atom. The van der Waals surface area contributed by atoms with Crippen molar-refractivity contribution >= 4 is 11.6 Å². The van der Waals surface area contributed by atoms with Gasteiger partial charge in [-0.05, 0) is 49.2 Å². The van der Waals surface area contributed by atoms with Crippen LogP contribution in [-0.4, -0.2) is 16.0 Å². The average molecular weight is 369 g/mol. The van der Waals surface area contributed by atoms with E-state index in [-0.39, 0.29) is 5.91 Å². The highest BCUT2D eigenvalue weighted by Gasteiger charge is 2.16. The number of hydrogen-bond acceptors (Lipinski definition) is 4. The normalized spacial score (nSPS) is 10.6. The number of nitrogens with one attached hydrogen (secondary N) is 1. The summed E-state index contributed by atoms with van der Waals surface area (Å²) in [5.74, 6) is 0.680. The molecule has 3 aromatic carbocycles. The van der Waals surface area contributed by atoms with Gasteiger partial charge in [0, 0.05) is 11.1 Å². The minimum Gasteiger partial charge on any atom is -0.334 e.